The number of rotatable bonds is 6. The van der Waals surface area contributed by atoms with Crippen LogP contribution in [-0.2, 0) is 16.6 Å². The first-order chi connectivity index (χ1) is 12.2. The van der Waals surface area contributed by atoms with E-state index in [2.05, 4.69) is 53.6 Å². The molecule has 1 amide bonds. The fourth-order valence-electron chi connectivity index (χ4n) is 3.88. The zero-order valence-electron chi connectivity index (χ0n) is 14.6. The molecular weight excluding hydrogens is 308 g/mol. The predicted octanol–water partition coefficient (Wildman–Crippen LogP) is 4.26. The number of aromatic amines is 1. The molecule has 0 unspecified atom stereocenters. The maximum atomic E-state index is 12.3. The lowest BCUT2D eigenvalue weighted by molar-refractivity contribution is -0.121. The molecule has 1 heterocycles. The van der Waals surface area contributed by atoms with Crippen LogP contribution in [0.5, 0.6) is 0 Å². The van der Waals surface area contributed by atoms with Gasteiger partial charge in [-0.25, -0.2) is 0 Å². The number of H-pyrrole nitrogens is 1. The molecule has 128 valence electrons. The van der Waals surface area contributed by atoms with Crippen LogP contribution in [0.15, 0.2) is 54.6 Å². The largest absolute Gasteiger partial charge is 0.358 e. The third-order valence-corrected chi connectivity index (χ3v) is 5.38. The number of nitrogens with one attached hydrogen (secondary N) is 2. The molecule has 2 aromatic carbocycles. The standard InChI is InChI=1S/C22H24N2O/c1-16-21(18-9-5-6-10-19(18)24-16)22(13-14-22)15-23-20(25)12-11-17-7-3-2-4-8-17/h2-10,24H,11-15H2,1H3,(H,23,25). The summed E-state index contributed by atoms with van der Waals surface area (Å²) in [7, 11) is 0. The van der Waals surface area contributed by atoms with Crippen molar-refractivity contribution in [3.63, 3.8) is 0 Å². The van der Waals surface area contributed by atoms with Crippen molar-refractivity contribution in [2.45, 2.75) is 38.0 Å². The lowest BCUT2D eigenvalue weighted by Gasteiger charge is -2.17. The SMILES string of the molecule is Cc1[nH]c2ccccc2c1C1(CNC(=O)CCc2ccccc2)CC1. The van der Waals surface area contributed by atoms with Gasteiger partial charge in [0.15, 0.2) is 0 Å². The molecule has 2 N–H and O–H groups in total. The number of carbonyl (C=O) groups is 1. The van der Waals surface area contributed by atoms with E-state index in [1.54, 1.807) is 0 Å². The van der Waals surface area contributed by atoms with Crippen molar-refractivity contribution in [1.82, 2.24) is 10.3 Å². The molecule has 25 heavy (non-hydrogen) atoms. The molecule has 1 saturated carbocycles. The summed E-state index contributed by atoms with van der Waals surface area (Å²) in [5.74, 6) is 0.146. The highest BCUT2D eigenvalue weighted by Gasteiger charge is 2.46. The van der Waals surface area contributed by atoms with Crippen LogP contribution in [0, 0.1) is 6.92 Å². The Balaban J connectivity index is 1.42. The summed E-state index contributed by atoms with van der Waals surface area (Å²) in [4.78, 5) is 15.8. The van der Waals surface area contributed by atoms with Crippen LogP contribution < -0.4 is 5.32 Å². The van der Waals surface area contributed by atoms with Crippen molar-refractivity contribution in [3.05, 3.63) is 71.4 Å². The molecule has 0 saturated heterocycles. The predicted molar refractivity (Wildman–Crippen MR) is 102 cm³/mol. The van der Waals surface area contributed by atoms with Crippen molar-refractivity contribution in [3.8, 4) is 0 Å². The van der Waals surface area contributed by atoms with Gasteiger partial charge in [-0.3, -0.25) is 4.79 Å². The van der Waals surface area contributed by atoms with E-state index < -0.39 is 0 Å². The topological polar surface area (TPSA) is 44.9 Å². The van der Waals surface area contributed by atoms with Gasteiger partial charge >= 0.3 is 0 Å². The van der Waals surface area contributed by atoms with Gasteiger partial charge < -0.3 is 10.3 Å². The molecule has 0 spiro atoms. The number of para-hydroxylation sites is 1. The highest BCUT2D eigenvalue weighted by atomic mass is 16.1. The van der Waals surface area contributed by atoms with Crippen molar-refractivity contribution in [2.75, 3.05) is 6.54 Å². The van der Waals surface area contributed by atoms with Crippen LogP contribution in [0.3, 0.4) is 0 Å². The quantitative estimate of drug-likeness (QED) is 0.696. The summed E-state index contributed by atoms with van der Waals surface area (Å²) in [6.07, 6.45) is 3.64. The van der Waals surface area contributed by atoms with E-state index in [4.69, 9.17) is 0 Å². The highest BCUT2D eigenvalue weighted by molar-refractivity contribution is 5.86. The van der Waals surface area contributed by atoms with E-state index >= 15 is 0 Å². The summed E-state index contributed by atoms with van der Waals surface area (Å²) < 4.78 is 0. The van der Waals surface area contributed by atoms with Crippen molar-refractivity contribution in [2.24, 2.45) is 0 Å². The number of aromatic nitrogens is 1. The number of carbonyl (C=O) groups excluding carboxylic acids is 1. The second kappa shape index (κ2) is 6.40. The Bertz CT molecular complexity index is 891. The second-order valence-corrected chi connectivity index (χ2v) is 7.21. The number of aryl methyl sites for hydroxylation is 2. The first kappa shape index (κ1) is 15.9. The van der Waals surface area contributed by atoms with Gasteiger partial charge in [-0.15, -0.1) is 0 Å². The molecular formula is C22H24N2O. The normalized spacial score (nSPS) is 15.2. The number of fused-ring (bicyclic) bond motifs is 1. The van der Waals surface area contributed by atoms with E-state index in [1.165, 1.54) is 27.7 Å². The van der Waals surface area contributed by atoms with Crippen LogP contribution in [0.4, 0.5) is 0 Å². The van der Waals surface area contributed by atoms with E-state index in [0.29, 0.717) is 6.42 Å². The molecule has 3 nitrogen and oxygen atoms in total. The summed E-state index contributed by atoms with van der Waals surface area (Å²) >= 11 is 0. The molecule has 3 aromatic rings. The Kier molecular flexibility index (Phi) is 4.08. The Hall–Kier alpha value is -2.55. The highest BCUT2D eigenvalue weighted by Crippen LogP contribution is 2.51. The Morgan fingerprint density at radius 2 is 1.80 bits per heavy atom. The van der Waals surface area contributed by atoms with Gasteiger partial charge in [-0.1, -0.05) is 48.5 Å². The van der Waals surface area contributed by atoms with Gasteiger partial charge in [0.05, 0.1) is 0 Å². The summed E-state index contributed by atoms with van der Waals surface area (Å²) in [5.41, 5.74) is 5.15. The third kappa shape index (κ3) is 3.19. The smallest absolute Gasteiger partial charge is 0.220 e. The fourth-order valence-corrected chi connectivity index (χ4v) is 3.88. The van der Waals surface area contributed by atoms with Crippen molar-refractivity contribution >= 4 is 16.8 Å². The van der Waals surface area contributed by atoms with E-state index in [0.717, 1.165) is 25.8 Å². The molecule has 3 heteroatoms. The molecule has 1 aromatic heterocycles. The molecule has 1 fully saturated rings. The first-order valence-electron chi connectivity index (χ1n) is 9.06. The van der Waals surface area contributed by atoms with Crippen LogP contribution in [-0.4, -0.2) is 17.4 Å². The number of hydrogen-bond donors (Lipinski definition) is 2. The van der Waals surface area contributed by atoms with E-state index in [9.17, 15) is 4.79 Å². The van der Waals surface area contributed by atoms with Gasteiger partial charge in [-0.2, -0.15) is 0 Å². The van der Waals surface area contributed by atoms with Crippen LogP contribution in [0.2, 0.25) is 0 Å². The molecule has 1 aliphatic rings. The third-order valence-electron chi connectivity index (χ3n) is 5.38. The average molecular weight is 332 g/mol. The van der Waals surface area contributed by atoms with Gasteiger partial charge in [0, 0.05) is 35.0 Å². The first-order valence-corrected chi connectivity index (χ1v) is 9.06. The number of benzene rings is 2. The van der Waals surface area contributed by atoms with Gasteiger partial charge in [-0.05, 0) is 43.4 Å². The molecule has 0 atom stereocenters. The lowest BCUT2D eigenvalue weighted by atomic mass is 9.93. The molecule has 1 aliphatic carbocycles. The minimum Gasteiger partial charge on any atom is -0.358 e. The Labute approximate surface area is 148 Å². The molecule has 4 rings (SSSR count). The Morgan fingerprint density at radius 3 is 2.56 bits per heavy atom. The number of hydrogen-bond acceptors (Lipinski definition) is 1. The Morgan fingerprint density at radius 1 is 1.08 bits per heavy atom. The minimum absolute atomic E-state index is 0.117. The summed E-state index contributed by atoms with van der Waals surface area (Å²) in [5, 5.41) is 4.48. The van der Waals surface area contributed by atoms with Crippen LogP contribution in [0.1, 0.15) is 36.1 Å². The summed E-state index contributed by atoms with van der Waals surface area (Å²) in [6, 6.07) is 18.7. The van der Waals surface area contributed by atoms with Gasteiger partial charge in [0.1, 0.15) is 0 Å². The van der Waals surface area contributed by atoms with Gasteiger partial charge in [0.2, 0.25) is 5.91 Å². The zero-order valence-corrected chi connectivity index (χ0v) is 14.6. The fraction of sp³-hybridized carbons (Fsp3) is 0.318. The molecule has 0 aliphatic heterocycles. The maximum Gasteiger partial charge on any atom is 0.220 e. The van der Waals surface area contributed by atoms with Crippen LogP contribution in [0.25, 0.3) is 10.9 Å². The monoisotopic (exact) mass is 332 g/mol. The van der Waals surface area contributed by atoms with Crippen LogP contribution >= 0.6 is 0 Å². The van der Waals surface area contributed by atoms with E-state index in [1.807, 2.05) is 18.2 Å². The minimum atomic E-state index is 0.117. The van der Waals surface area contributed by atoms with Crippen molar-refractivity contribution in [1.29, 1.82) is 0 Å². The average Bonchev–Trinajstić information content (AvgIpc) is 3.33. The summed E-state index contributed by atoms with van der Waals surface area (Å²) in [6.45, 7) is 2.88. The van der Waals surface area contributed by atoms with Crippen molar-refractivity contribution < 1.29 is 4.79 Å². The number of amides is 1. The zero-order chi connectivity index (χ0) is 17.3. The molecule has 0 radical (unpaired) electrons. The molecule has 0 bridgehead atoms. The van der Waals surface area contributed by atoms with E-state index in [-0.39, 0.29) is 11.3 Å². The maximum absolute atomic E-state index is 12.3. The lowest BCUT2D eigenvalue weighted by Crippen LogP contribution is -2.32. The second-order valence-electron chi connectivity index (χ2n) is 7.21. The van der Waals surface area contributed by atoms with Gasteiger partial charge in [0.25, 0.3) is 0 Å².